The summed E-state index contributed by atoms with van der Waals surface area (Å²) in [4.78, 5) is 0. The van der Waals surface area contributed by atoms with Crippen molar-refractivity contribution in [1.29, 1.82) is 0 Å². The number of ether oxygens (including phenoxy) is 1. The number of hydrogen-bond donors (Lipinski definition) is 0. The van der Waals surface area contributed by atoms with E-state index >= 15 is 0 Å². The SMILES string of the molecule is C#CC1=CC(OC)C(C)(C)CC1. The van der Waals surface area contributed by atoms with Gasteiger partial charge in [-0.25, -0.2) is 0 Å². The number of hydrogen-bond acceptors (Lipinski definition) is 1. The Balaban J connectivity index is 2.84. The fraction of sp³-hybridized carbons (Fsp3) is 0.636. The van der Waals surface area contributed by atoms with E-state index in [2.05, 4.69) is 25.8 Å². The van der Waals surface area contributed by atoms with Gasteiger partial charge in [-0.2, -0.15) is 0 Å². The van der Waals surface area contributed by atoms with Crippen molar-refractivity contribution >= 4 is 0 Å². The lowest BCUT2D eigenvalue weighted by atomic mass is 9.76. The first-order valence-electron chi connectivity index (χ1n) is 4.30. The van der Waals surface area contributed by atoms with Gasteiger partial charge >= 0.3 is 0 Å². The summed E-state index contributed by atoms with van der Waals surface area (Å²) in [6, 6.07) is 0. The van der Waals surface area contributed by atoms with Crippen LogP contribution in [0.5, 0.6) is 0 Å². The van der Waals surface area contributed by atoms with Gasteiger partial charge in [-0.05, 0) is 24.3 Å². The molecule has 0 saturated carbocycles. The summed E-state index contributed by atoms with van der Waals surface area (Å²) in [6.07, 6.45) is 9.72. The third-order valence-electron chi connectivity index (χ3n) is 2.60. The van der Waals surface area contributed by atoms with Crippen molar-refractivity contribution in [2.45, 2.75) is 32.8 Å². The normalized spacial score (nSPS) is 27.5. The summed E-state index contributed by atoms with van der Waals surface area (Å²) in [5, 5.41) is 0. The molecule has 0 aromatic rings. The number of methoxy groups -OCH3 is 1. The van der Waals surface area contributed by atoms with Gasteiger partial charge in [-0.1, -0.05) is 19.8 Å². The Hall–Kier alpha value is -0.740. The molecule has 0 amide bonds. The highest BCUT2D eigenvalue weighted by Crippen LogP contribution is 2.35. The maximum Gasteiger partial charge on any atom is 0.0814 e. The fourth-order valence-electron chi connectivity index (χ4n) is 1.60. The average Bonchev–Trinajstić information content (AvgIpc) is 2.04. The fourth-order valence-corrected chi connectivity index (χ4v) is 1.60. The van der Waals surface area contributed by atoms with E-state index in [4.69, 9.17) is 11.2 Å². The van der Waals surface area contributed by atoms with Crippen molar-refractivity contribution in [3.8, 4) is 12.3 Å². The largest absolute Gasteiger partial charge is 0.377 e. The van der Waals surface area contributed by atoms with E-state index < -0.39 is 0 Å². The Morgan fingerprint density at radius 1 is 1.67 bits per heavy atom. The van der Waals surface area contributed by atoms with Crippen molar-refractivity contribution in [1.82, 2.24) is 0 Å². The van der Waals surface area contributed by atoms with Gasteiger partial charge in [-0.15, -0.1) is 6.42 Å². The molecule has 0 heterocycles. The quantitative estimate of drug-likeness (QED) is 0.541. The van der Waals surface area contributed by atoms with Gasteiger partial charge in [0.2, 0.25) is 0 Å². The Bertz CT molecular complexity index is 230. The minimum absolute atomic E-state index is 0.178. The second-order valence-electron chi connectivity index (χ2n) is 3.98. The predicted molar refractivity (Wildman–Crippen MR) is 50.7 cm³/mol. The molecule has 1 unspecified atom stereocenters. The summed E-state index contributed by atoms with van der Waals surface area (Å²) < 4.78 is 5.37. The zero-order valence-corrected chi connectivity index (χ0v) is 8.05. The monoisotopic (exact) mass is 164 g/mol. The first-order chi connectivity index (χ1) is 5.60. The minimum Gasteiger partial charge on any atom is -0.377 e. The summed E-state index contributed by atoms with van der Waals surface area (Å²) in [6.45, 7) is 4.43. The van der Waals surface area contributed by atoms with E-state index in [1.807, 2.05) is 0 Å². The van der Waals surface area contributed by atoms with Gasteiger partial charge in [0, 0.05) is 12.7 Å². The maximum absolute atomic E-state index is 5.37. The van der Waals surface area contributed by atoms with E-state index in [-0.39, 0.29) is 11.5 Å². The van der Waals surface area contributed by atoms with Crippen molar-refractivity contribution in [3.63, 3.8) is 0 Å². The van der Waals surface area contributed by atoms with Gasteiger partial charge in [-0.3, -0.25) is 0 Å². The Morgan fingerprint density at radius 2 is 2.33 bits per heavy atom. The van der Waals surface area contributed by atoms with Crippen LogP contribution in [0, 0.1) is 17.8 Å². The molecule has 1 heteroatoms. The molecule has 0 aliphatic heterocycles. The van der Waals surface area contributed by atoms with E-state index in [1.165, 1.54) is 0 Å². The smallest absolute Gasteiger partial charge is 0.0814 e. The van der Waals surface area contributed by atoms with Crippen LogP contribution in [0.1, 0.15) is 26.7 Å². The molecule has 66 valence electrons. The Labute approximate surface area is 74.8 Å². The molecule has 0 N–H and O–H groups in total. The van der Waals surface area contributed by atoms with E-state index in [0.717, 1.165) is 18.4 Å². The molecule has 1 aliphatic carbocycles. The van der Waals surface area contributed by atoms with Crippen molar-refractivity contribution in [3.05, 3.63) is 11.6 Å². The third kappa shape index (κ3) is 1.70. The van der Waals surface area contributed by atoms with Gasteiger partial charge < -0.3 is 4.74 Å². The highest BCUT2D eigenvalue weighted by atomic mass is 16.5. The van der Waals surface area contributed by atoms with Crippen LogP contribution in [0.4, 0.5) is 0 Å². The molecule has 1 atom stereocenters. The third-order valence-corrected chi connectivity index (χ3v) is 2.60. The average molecular weight is 164 g/mol. The Morgan fingerprint density at radius 3 is 2.83 bits per heavy atom. The van der Waals surface area contributed by atoms with Crippen LogP contribution in [0.2, 0.25) is 0 Å². The summed E-state index contributed by atoms with van der Waals surface area (Å²) in [5.41, 5.74) is 1.32. The van der Waals surface area contributed by atoms with Crippen LogP contribution in [-0.4, -0.2) is 13.2 Å². The van der Waals surface area contributed by atoms with Gasteiger partial charge in [0.15, 0.2) is 0 Å². The molecule has 12 heavy (non-hydrogen) atoms. The molecular formula is C11H16O. The molecule has 1 rings (SSSR count). The maximum atomic E-state index is 5.37. The van der Waals surface area contributed by atoms with Crippen molar-refractivity contribution in [2.75, 3.05) is 7.11 Å². The van der Waals surface area contributed by atoms with Crippen LogP contribution in [0.15, 0.2) is 11.6 Å². The molecular weight excluding hydrogens is 148 g/mol. The lowest BCUT2D eigenvalue weighted by Crippen LogP contribution is -2.32. The number of rotatable bonds is 1. The van der Waals surface area contributed by atoms with Crippen LogP contribution < -0.4 is 0 Å². The van der Waals surface area contributed by atoms with Crippen LogP contribution in [0.3, 0.4) is 0 Å². The zero-order chi connectivity index (χ0) is 9.19. The second kappa shape index (κ2) is 3.33. The highest BCUT2D eigenvalue weighted by molar-refractivity contribution is 5.29. The summed E-state index contributed by atoms with van der Waals surface area (Å²) >= 11 is 0. The van der Waals surface area contributed by atoms with Crippen molar-refractivity contribution in [2.24, 2.45) is 5.41 Å². The second-order valence-corrected chi connectivity index (χ2v) is 3.98. The topological polar surface area (TPSA) is 9.23 Å². The van der Waals surface area contributed by atoms with Crippen LogP contribution in [-0.2, 0) is 4.74 Å². The summed E-state index contributed by atoms with van der Waals surface area (Å²) in [5.74, 6) is 2.69. The molecule has 0 aromatic carbocycles. The van der Waals surface area contributed by atoms with Gasteiger partial charge in [0.1, 0.15) is 0 Å². The first kappa shape index (κ1) is 9.35. The lowest BCUT2D eigenvalue weighted by molar-refractivity contribution is 0.0317. The minimum atomic E-state index is 0.178. The molecule has 0 fully saturated rings. The standard InChI is InChI=1S/C11H16O/c1-5-9-6-7-11(2,3)10(8-9)12-4/h1,8,10H,6-7H2,2-4H3. The summed E-state index contributed by atoms with van der Waals surface area (Å²) in [7, 11) is 1.74. The van der Waals surface area contributed by atoms with Crippen LogP contribution >= 0.6 is 0 Å². The Kier molecular flexibility index (Phi) is 2.59. The molecule has 1 nitrogen and oxygen atoms in total. The first-order valence-corrected chi connectivity index (χ1v) is 4.30. The van der Waals surface area contributed by atoms with E-state index in [1.54, 1.807) is 7.11 Å². The lowest BCUT2D eigenvalue weighted by Gasteiger charge is -2.35. The van der Waals surface area contributed by atoms with Crippen molar-refractivity contribution < 1.29 is 4.74 Å². The number of terminal acetylenes is 1. The molecule has 0 radical (unpaired) electrons. The molecule has 0 aromatic heterocycles. The van der Waals surface area contributed by atoms with Crippen LogP contribution in [0.25, 0.3) is 0 Å². The number of allylic oxidation sites excluding steroid dienone is 1. The van der Waals surface area contributed by atoms with E-state index in [0.29, 0.717) is 0 Å². The molecule has 0 bridgehead atoms. The molecule has 0 spiro atoms. The molecule has 1 aliphatic rings. The predicted octanol–water partition coefficient (Wildman–Crippen LogP) is 2.38. The molecule has 0 saturated heterocycles. The zero-order valence-electron chi connectivity index (χ0n) is 8.05. The highest BCUT2D eigenvalue weighted by Gasteiger charge is 2.31. The van der Waals surface area contributed by atoms with Gasteiger partial charge in [0.25, 0.3) is 0 Å². The van der Waals surface area contributed by atoms with E-state index in [9.17, 15) is 0 Å². The van der Waals surface area contributed by atoms with Gasteiger partial charge in [0.05, 0.1) is 6.10 Å².